The monoisotopic (exact) mass is 94.0 g/mol. The molecule has 0 N–H and O–H groups in total. The van der Waals surface area contributed by atoms with Gasteiger partial charge in [-0.05, 0) is 7.85 Å². The van der Waals surface area contributed by atoms with Crippen LogP contribution in [-0.4, -0.2) is 7.85 Å². The van der Waals surface area contributed by atoms with Crippen LogP contribution in [0.15, 0.2) is 12.7 Å². The first kappa shape index (κ1) is 9.67. The minimum atomic E-state index is 0. The molecule has 0 saturated heterocycles. The first-order valence-corrected chi connectivity index (χ1v) is 0.816. The summed E-state index contributed by atoms with van der Waals surface area (Å²) in [6, 6.07) is 0. The molecule has 0 rings (SSSR count). The summed E-state index contributed by atoms with van der Waals surface area (Å²) in [5, 5.41) is 0. The quantitative estimate of drug-likeness (QED) is 0.239. The Kier molecular flexibility index (Phi) is 17.5. The van der Waals surface area contributed by atoms with Gasteiger partial charge in [-0.25, -0.2) is 0 Å². The normalized spacial score (nSPS) is 5.00. The molecule has 0 nitrogen and oxygen atoms in total. The molecular formula is C3H8BK. The Hall–Kier alpha value is 1.44. The van der Waals surface area contributed by atoms with E-state index in [1.807, 2.05) is 6.08 Å². The summed E-state index contributed by atoms with van der Waals surface area (Å²) in [5.41, 5.74) is 0. The first-order valence-electron chi connectivity index (χ1n) is 0.816. The maximum absolute atomic E-state index is 3.54. The molecule has 0 fully saturated rings. The third kappa shape index (κ3) is 10.8. The minimum Gasteiger partial charge on any atom is -0.169 e. The standard InChI is InChI=1S/C3H8B.K/c1-2-3-4;/h2H,1,3H2,4H3;/q-1;+1. The molecule has 0 unspecified atom stereocenters. The largest absolute Gasteiger partial charge is 1.00 e. The fraction of sp³-hybridized carbons (Fsp3) is 0.333. The van der Waals surface area contributed by atoms with Crippen molar-refractivity contribution >= 4 is 7.85 Å². The zero-order chi connectivity index (χ0) is 3.41. The van der Waals surface area contributed by atoms with Crippen molar-refractivity contribution in [2.75, 3.05) is 0 Å². The van der Waals surface area contributed by atoms with Crippen LogP contribution in [0.25, 0.3) is 0 Å². The summed E-state index contributed by atoms with van der Waals surface area (Å²) in [6.07, 6.45) is 3.32. The van der Waals surface area contributed by atoms with Crippen molar-refractivity contribution in [2.45, 2.75) is 6.32 Å². The Labute approximate surface area is 76.9 Å². The molecule has 0 saturated carbocycles. The number of hydrogen-bond donors (Lipinski definition) is 0. The van der Waals surface area contributed by atoms with Crippen LogP contribution in [0.2, 0.25) is 6.32 Å². The van der Waals surface area contributed by atoms with Crippen LogP contribution in [-0.2, 0) is 0 Å². The maximum atomic E-state index is 3.54. The molecule has 0 atom stereocenters. The second-order valence-electron chi connectivity index (χ2n) is 0.289. The predicted octanol–water partition coefficient (Wildman–Crippen LogP) is -3.04. The van der Waals surface area contributed by atoms with Crippen molar-refractivity contribution in [3.63, 3.8) is 0 Å². The van der Waals surface area contributed by atoms with Crippen molar-refractivity contribution in [1.29, 1.82) is 0 Å². The van der Waals surface area contributed by atoms with Gasteiger partial charge in [-0.3, -0.25) is 0 Å². The van der Waals surface area contributed by atoms with E-state index in [4.69, 9.17) is 0 Å². The van der Waals surface area contributed by atoms with E-state index in [2.05, 4.69) is 6.58 Å². The van der Waals surface area contributed by atoms with Crippen LogP contribution in [0, 0.1) is 0 Å². The molecule has 24 valence electrons. The number of rotatable bonds is 1. The van der Waals surface area contributed by atoms with E-state index < -0.39 is 0 Å². The zero-order valence-electron chi connectivity index (χ0n) is 2.99. The summed E-state index contributed by atoms with van der Waals surface area (Å²) in [5.74, 6) is 0. The van der Waals surface area contributed by atoms with Crippen LogP contribution in [0.4, 0.5) is 0 Å². The van der Waals surface area contributed by atoms with Gasteiger partial charge < -0.3 is 0 Å². The molecule has 0 spiro atoms. The average molecular weight is 94.0 g/mol. The van der Waals surface area contributed by atoms with Crippen LogP contribution < -0.4 is 51.4 Å². The van der Waals surface area contributed by atoms with Crippen LogP contribution in [0.5, 0.6) is 0 Å². The van der Waals surface area contributed by atoms with Gasteiger partial charge in [0.15, 0.2) is 0 Å². The Morgan fingerprint density at radius 3 is 2.00 bits per heavy atom. The molecule has 0 aliphatic rings. The Bertz CT molecular complexity index is 20.9. The van der Waals surface area contributed by atoms with E-state index in [-0.39, 0.29) is 51.4 Å². The van der Waals surface area contributed by atoms with Crippen molar-refractivity contribution in [1.82, 2.24) is 0 Å². The molecule has 5 heavy (non-hydrogen) atoms. The minimum absolute atomic E-state index is 0. The molecule has 0 amide bonds. The van der Waals surface area contributed by atoms with Crippen LogP contribution in [0.1, 0.15) is 0 Å². The van der Waals surface area contributed by atoms with Crippen molar-refractivity contribution in [3.05, 3.63) is 12.7 Å². The summed E-state index contributed by atoms with van der Waals surface area (Å²) < 4.78 is 0. The molecule has 0 heterocycles. The molecule has 2 heteroatoms. The van der Waals surface area contributed by atoms with Gasteiger partial charge >= 0.3 is 51.4 Å². The molecule has 0 aromatic carbocycles. The third-order valence-corrected chi connectivity index (χ3v) is 0. The summed E-state index contributed by atoms with van der Waals surface area (Å²) in [7, 11) is 0.639. The van der Waals surface area contributed by atoms with Crippen molar-refractivity contribution in [2.24, 2.45) is 0 Å². The van der Waals surface area contributed by atoms with E-state index in [1.54, 1.807) is 0 Å². The summed E-state index contributed by atoms with van der Waals surface area (Å²) >= 11 is 0. The predicted molar refractivity (Wildman–Crippen MR) is 24.9 cm³/mol. The van der Waals surface area contributed by atoms with Crippen molar-refractivity contribution < 1.29 is 51.4 Å². The van der Waals surface area contributed by atoms with E-state index in [0.717, 1.165) is 0 Å². The van der Waals surface area contributed by atoms with Crippen LogP contribution in [0.3, 0.4) is 0 Å². The van der Waals surface area contributed by atoms with E-state index in [0.29, 0.717) is 7.85 Å². The van der Waals surface area contributed by atoms with E-state index in [9.17, 15) is 0 Å². The van der Waals surface area contributed by atoms with E-state index in [1.165, 1.54) is 6.32 Å². The fourth-order valence-electron chi connectivity index (χ4n) is 0. The number of allylic oxidation sites excluding steroid dienone is 1. The molecular weight excluding hydrogens is 85.9 g/mol. The van der Waals surface area contributed by atoms with Gasteiger partial charge in [0, 0.05) is 0 Å². The van der Waals surface area contributed by atoms with Gasteiger partial charge in [0.25, 0.3) is 0 Å². The molecule has 0 radical (unpaired) electrons. The maximum Gasteiger partial charge on any atom is 1.00 e. The average Bonchev–Trinajstić information content (AvgIpc) is 1.37. The second-order valence-corrected chi connectivity index (χ2v) is 0.289. The Balaban J connectivity index is 0. The topological polar surface area (TPSA) is 0 Å². The molecule has 0 bridgehead atoms. The summed E-state index contributed by atoms with van der Waals surface area (Å²) in [6.45, 7) is 3.54. The van der Waals surface area contributed by atoms with Crippen LogP contribution >= 0.6 is 0 Å². The zero-order valence-corrected chi connectivity index (χ0v) is 6.11. The molecule has 0 aromatic rings. The second kappa shape index (κ2) is 9.06. The smallest absolute Gasteiger partial charge is 0.169 e. The molecule has 0 aliphatic heterocycles. The van der Waals surface area contributed by atoms with E-state index >= 15 is 0 Å². The molecule has 0 aromatic heterocycles. The Morgan fingerprint density at radius 2 is 2.00 bits per heavy atom. The first-order chi connectivity index (χ1) is 1.91. The van der Waals surface area contributed by atoms with Gasteiger partial charge in [-0.15, -0.1) is 12.7 Å². The Morgan fingerprint density at radius 1 is 1.80 bits per heavy atom. The fourth-order valence-corrected chi connectivity index (χ4v) is 0. The van der Waals surface area contributed by atoms with Gasteiger partial charge in [0.1, 0.15) is 0 Å². The third-order valence-electron chi connectivity index (χ3n) is 0. The molecule has 0 aliphatic carbocycles. The van der Waals surface area contributed by atoms with Crippen molar-refractivity contribution in [3.8, 4) is 0 Å². The van der Waals surface area contributed by atoms with Gasteiger partial charge in [-0.1, -0.05) is 0 Å². The number of hydrogen-bond acceptors (Lipinski definition) is 0. The summed E-state index contributed by atoms with van der Waals surface area (Å²) in [4.78, 5) is 0. The van der Waals surface area contributed by atoms with Gasteiger partial charge in [0.2, 0.25) is 0 Å². The SMILES string of the molecule is [BH3-]CC=C.[K+]. The van der Waals surface area contributed by atoms with Gasteiger partial charge in [-0.2, -0.15) is 6.32 Å². The van der Waals surface area contributed by atoms with Gasteiger partial charge in [0.05, 0.1) is 0 Å².